The molecule has 0 bridgehead atoms. The summed E-state index contributed by atoms with van der Waals surface area (Å²) in [6.07, 6.45) is 3.53. The number of anilines is 2. The van der Waals surface area contributed by atoms with Crippen molar-refractivity contribution in [1.29, 1.82) is 0 Å². The number of fused-ring (bicyclic) bond motifs is 1. The van der Waals surface area contributed by atoms with Crippen molar-refractivity contribution < 1.29 is 4.79 Å². The number of rotatable bonds is 3. The lowest BCUT2D eigenvalue weighted by Gasteiger charge is -2.48. The minimum Gasteiger partial charge on any atom is -0.369 e. The van der Waals surface area contributed by atoms with E-state index in [1.807, 2.05) is 30.2 Å². The lowest BCUT2D eigenvalue weighted by molar-refractivity contribution is -0.125. The van der Waals surface area contributed by atoms with Crippen molar-refractivity contribution in [2.24, 2.45) is 5.41 Å². The molecule has 1 amide bonds. The number of carbonyl (C=O) groups is 1. The van der Waals surface area contributed by atoms with Gasteiger partial charge in [-0.1, -0.05) is 32.9 Å². The molecule has 150 valence electrons. The van der Waals surface area contributed by atoms with Gasteiger partial charge in [0.2, 0.25) is 0 Å². The molecule has 1 aromatic carbocycles. The van der Waals surface area contributed by atoms with E-state index < -0.39 is 5.54 Å². The van der Waals surface area contributed by atoms with Crippen LogP contribution < -0.4 is 10.2 Å². The van der Waals surface area contributed by atoms with Crippen molar-refractivity contribution in [3.63, 3.8) is 0 Å². The fourth-order valence-electron chi connectivity index (χ4n) is 4.35. The molecule has 2 N–H and O–H groups in total. The average Bonchev–Trinajstić information content (AvgIpc) is 3.05. The number of amides is 1. The Kier molecular flexibility index (Phi) is 4.70. The molecule has 2 aromatic rings. The van der Waals surface area contributed by atoms with Gasteiger partial charge in [0, 0.05) is 38.1 Å². The number of nitrogens with one attached hydrogen (secondary N) is 2. The zero-order chi connectivity index (χ0) is 19.9. The number of imidazole rings is 1. The third kappa shape index (κ3) is 3.65. The zero-order valence-corrected chi connectivity index (χ0v) is 17.4. The summed E-state index contributed by atoms with van der Waals surface area (Å²) >= 11 is 0. The summed E-state index contributed by atoms with van der Waals surface area (Å²) in [5.74, 6) is 1.17. The summed E-state index contributed by atoms with van der Waals surface area (Å²) in [6, 6.07) is 8.20. The van der Waals surface area contributed by atoms with E-state index >= 15 is 0 Å². The first-order valence-corrected chi connectivity index (χ1v) is 10.2. The number of hydrogen-bond acceptors (Lipinski definition) is 4. The lowest BCUT2D eigenvalue weighted by Crippen LogP contribution is -2.62. The second-order valence-corrected chi connectivity index (χ2v) is 9.45. The average molecular weight is 382 g/mol. The Labute approximate surface area is 167 Å². The molecule has 1 saturated heterocycles. The van der Waals surface area contributed by atoms with E-state index in [-0.39, 0.29) is 11.3 Å². The third-order valence-electron chi connectivity index (χ3n) is 5.71. The van der Waals surface area contributed by atoms with E-state index in [4.69, 9.17) is 0 Å². The standard InChI is InChI=1S/C22H31N5O/c1-16-23-13-17(24-16)14-26-11-9-22(10-12-26)20(28)27(15-21(2,3)4)19-8-6-5-7-18(19)25-22/h5-8,13,25H,9-12,14-15H2,1-4H3,(H,23,24). The molecule has 28 heavy (non-hydrogen) atoms. The van der Waals surface area contributed by atoms with Gasteiger partial charge in [-0.15, -0.1) is 0 Å². The number of para-hydroxylation sites is 2. The highest BCUT2D eigenvalue weighted by Gasteiger charge is 2.48. The smallest absolute Gasteiger partial charge is 0.252 e. The monoisotopic (exact) mass is 381 g/mol. The van der Waals surface area contributed by atoms with Crippen LogP contribution in [0.3, 0.4) is 0 Å². The highest BCUT2D eigenvalue weighted by molar-refractivity contribution is 6.08. The second-order valence-electron chi connectivity index (χ2n) is 9.45. The molecule has 4 rings (SSSR count). The number of piperidine rings is 1. The maximum Gasteiger partial charge on any atom is 0.252 e. The van der Waals surface area contributed by atoms with Gasteiger partial charge in [0.15, 0.2) is 0 Å². The van der Waals surface area contributed by atoms with Crippen LogP contribution in [0.1, 0.15) is 45.1 Å². The highest BCUT2D eigenvalue weighted by Crippen LogP contribution is 2.41. The topological polar surface area (TPSA) is 64.3 Å². The quantitative estimate of drug-likeness (QED) is 0.853. The van der Waals surface area contributed by atoms with Crippen LogP contribution >= 0.6 is 0 Å². The summed E-state index contributed by atoms with van der Waals surface area (Å²) in [4.78, 5) is 25.7. The van der Waals surface area contributed by atoms with Crippen molar-refractivity contribution >= 4 is 17.3 Å². The SMILES string of the molecule is Cc1ncc(CN2CCC3(CC2)Nc2ccccc2N(CC(C)(C)C)C3=O)[nH]1. The van der Waals surface area contributed by atoms with E-state index in [9.17, 15) is 4.79 Å². The number of likely N-dealkylation sites (tertiary alicyclic amines) is 1. The van der Waals surface area contributed by atoms with Gasteiger partial charge in [0.05, 0.1) is 11.4 Å². The van der Waals surface area contributed by atoms with Gasteiger partial charge in [-0.05, 0) is 37.3 Å². The van der Waals surface area contributed by atoms with Gasteiger partial charge in [-0.25, -0.2) is 4.98 Å². The summed E-state index contributed by atoms with van der Waals surface area (Å²) < 4.78 is 0. The van der Waals surface area contributed by atoms with Gasteiger partial charge in [-0.3, -0.25) is 9.69 Å². The first kappa shape index (κ1) is 19.0. The van der Waals surface area contributed by atoms with E-state index in [0.717, 1.165) is 61.9 Å². The van der Waals surface area contributed by atoms with Crippen LogP contribution in [0.15, 0.2) is 30.5 Å². The molecule has 2 aliphatic heterocycles. The van der Waals surface area contributed by atoms with Gasteiger partial charge >= 0.3 is 0 Å². The van der Waals surface area contributed by atoms with E-state index in [1.54, 1.807) is 0 Å². The first-order chi connectivity index (χ1) is 13.3. The van der Waals surface area contributed by atoms with Gasteiger partial charge in [0.25, 0.3) is 5.91 Å². The third-order valence-corrected chi connectivity index (χ3v) is 5.71. The van der Waals surface area contributed by atoms with Crippen molar-refractivity contribution in [2.75, 3.05) is 29.9 Å². The van der Waals surface area contributed by atoms with Crippen molar-refractivity contribution in [3.05, 3.63) is 42.0 Å². The molecule has 0 atom stereocenters. The van der Waals surface area contributed by atoms with Crippen LogP contribution in [0.4, 0.5) is 11.4 Å². The number of aromatic nitrogens is 2. The normalized spacial score (nSPS) is 19.6. The Morgan fingerprint density at radius 1 is 1.18 bits per heavy atom. The van der Waals surface area contributed by atoms with Gasteiger partial charge in [-0.2, -0.15) is 0 Å². The van der Waals surface area contributed by atoms with Gasteiger partial charge < -0.3 is 15.2 Å². The van der Waals surface area contributed by atoms with Crippen LogP contribution in [-0.2, 0) is 11.3 Å². The maximum absolute atomic E-state index is 13.6. The number of aromatic amines is 1. The molecule has 0 aliphatic carbocycles. The molecule has 6 nitrogen and oxygen atoms in total. The summed E-state index contributed by atoms with van der Waals surface area (Å²) in [7, 11) is 0. The Hall–Kier alpha value is -2.34. The van der Waals surface area contributed by atoms with E-state index in [2.05, 4.69) is 53.1 Å². The minimum absolute atomic E-state index is 0.0421. The summed E-state index contributed by atoms with van der Waals surface area (Å²) in [6.45, 7) is 11.9. The molecule has 1 aromatic heterocycles. The van der Waals surface area contributed by atoms with Crippen LogP contribution in [-0.4, -0.2) is 45.9 Å². The number of benzene rings is 1. The number of aryl methyl sites for hydroxylation is 1. The van der Waals surface area contributed by atoms with Crippen molar-refractivity contribution in [3.8, 4) is 0 Å². The first-order valence-electron chi connectivity index (χ1n) is 10.2. The van der Waals surface area contributed by atoms with Crippen molar-refractivity contribution in [1.82, 2.24) is 14.9 Å². The number of H-pyrrole nitrogens is 1. The predicted octanol–water partition coefficient (Wildman–Crippen LogP) is 3.56. The highest BCUT2D eigenvalue weighted by atomic mass is 16.2. The molecular formula is C22H31N5O. The molecule has 3 heterocycles. The Morgan fingerprint density at radius 3 is 2.54 bits per heavy atom. The second kappa shape index (κ2) is 6.92. The Bertz CT molecular complexity index is 858. The van der Waals surface area contributed by atoms with Crippen LogP contribution in [0, 0.1) is 12.3 Å². The minimum atomic E-state index is -0.500. The Balaban J connectivity index is 1.54. The van der Waals surface area contributed by atoms with E-state index in [1.165, 1.54) is 0 Å². The van der Waals surface area contributed by atoms with E-state index in [0.29, 0.717) is 0 Å². The molecular weight excluding hydrogens is 350 g/mol. The number of carbonyl (C=O) groups excluding carboxylic acids is 1. The van der Waals surface area contributed by atoms with Crippen LogP contribution in [0.5, 0.6) is 0 Å². The lowest BCUT2D eigenvalue weighted by atomic mass is 9.82. The van der Waals surface area contributed by atoms with Crippen LogP contribution in [0.25, 0.3) is 0 Å². The summed E-state index contributed by atoms with van der Waals surface area (Å²) in [5.41, 5.74) is 2.75. The molecule has 0 radical (unpaired) electrons. The van der Waals surface area contributed by atoms with Crippen molar-refractivity contribution in [2.45, 2.75) is 52.6 Å². The molecule has 0 saturated carbocycles. The maximum atomic E-state index is 13.6. The molecule has 1 fully saturated rings. The predicted molar refractivity (Wildman–Crippen MR) is 112 cm³/mol. The molecule has 6 heteroatoms. The molecule has 2 aliphatic rings. The summed E-state index contributed by atoms with van der Waals surface area (Å²) in [5, 5.41) is 3.63. The number of hydrogen-bond donors (Lipinski definition) is 2. The largest absolute Gasteiger partial charge is 0.369 e. The Morgan fingerprint density at radius 2 is 1.89 bits per heavy atom. The van der Waals surface area contributed by atoms with Gasteiger partial charge in [0.1, 0.15) is 11.4 Å². The fourth-order valence-corrected chi connectivity index (χ4v) is 4.35. The number of nitrogens with zero attached hydrogens (tertiary/aromatic N) is 3. The molecule has 1 spiro atoms. The fraction of sp³-hybridized carbons (Fsp3) is 0.545. The zero-order valence-electron chi connectivity index (χ0n) is 17.4. The molecule has 0 unspecified atom stereocenters. The van der Waals surface area contributed by atoms with Crippen LogP contribution in [0.2, 0.25) is 0 Å².